The summed E-state index contributed by atoms with van der Waals surface area (Å²) < 4.78 is 0. The first-order valence-corrected chi connectivity index (χ1v) is 5.16. The largest absolute Gasteiger partial charge is 0.260 e. The molecule has 0 unspecified atom stereocenters. The fraction of sp³-hybridized carbons (Fsp3) is 0.462. The van der Waals surface area contributed by atoms with Gasteiger partial charge in [-0.15, -0.1) is 0 Å². The molecule has 0 aliphatic rings. The van der Waals surface area contributed by atoms with Crippen LogP contribution in [0.4, 0.5) is 0 Å². The van der Waals surface area contributed by atoms with Crippen LogP contribution in [0, 0.1) is 13.8 Å². The number of allylic oxidation sites excluding steroid dienone is 1. The van der Waals surface area contributed by atoms with E-state index in [0.29, 0.717) is 5.92 Å². The van der Waals surface area contributed by atoms with Crippen LogP contribution >= 0.6 is 0 Å². The molecule has 0 aliphatic carbocycles. The predicted octanol–water partition coefficient (Wildman–Crippen LogP) is 4.10. The van der Waals surface area contributed by atoms with Crippen LogP contribution in [0.25, 0.3) is 6.08 Å². The first-order valence-electron chi connectivity index (χ1n) is 5.16. The number of nitrogens with zero attached hydrogens (tertiary/aromatic N) is 1. The van der Waals surface area contributed by atoms with Crippen molar-refractivity contribution >= 4 is 6.08 Å². The van der Waals surface area contributed by atoms with Crippen molar-refractivity contribution in [2.75, 3.05) is 0 Å². The van der Waals surface area contributed by atoms with Gasteiger partial charge in [0.15, 0.2) is 0 Å². The summed E-state index contributed by atoms with van der Waals surface area (Å²) >= 11 is 0. The van der Waals surface area contributed by atoms with E-state index in [1.54, 1.807) is 0 Å². The third-order valence-electron chi connectivity index (χ3n) is 2.55. The summed E-state index contributed by atoms with van der Waals surface area (Å²) in [6, 6.07) is 0. The fourth-order valence-corrected chi connectivity index (χ4v) is 1.57. The predicted molar refractivity (Wildman–Crippen MR) is 64.6 cm³/mol. The van der Waals surface area contributed by atoms with E-state index < -0.39 is 0 Å². The van der Waals surface area contributed by atoms with Gasteiger partial charge in [-0.25, -0.2) is 0 Å². The molecule has 0 radical (unpaired) electrons. The molecule has 14 heavy (non-hydrogen) atoms. The van der Waals surface area contributed by atoms with Crippen LogP contribution < -0.4 is 0 Å². The Bertz CT molecular complexity index is 354. The maximum absolute atomic E-state index is 4.51. The minimum atomic E-state index is 0. The highest BCUT2D eigenvalue weighted by Crippen LogP contribution is 2.23. The minimum Gasteiger partial charge on any atom is -0.260 e. The summed E-state index contributed by atoms with van der Waals surface area (Å²) in [4.78, 5) is 4.51. The summed E-state index contributed by atoms with van der Waals surface area (Å²) in [7, 11) is 0. The lowest BCUT2D eigenvalue weighted by molar-refractivity contribution is 0.814. The molecule has 0 atom stereocenters. The van der Waals surface area contributed by atoms with E-state index >= 15 is 0 Å². The van der Waals surface area contributed by atoms with Gasteiger partial charge < -0.3 is 0 Å². The second kappa shape index (κ2) is 4.41. The number of hydrogen-bond donors (Lipinski definition) is 0. The highest BCUT2D eigenvalue weighted by atomic mass is 14.7. The molecule has 0 saturated carbocycles. The Labute approximate surface area is 88.4 Å². The summed E-state index contributed by atoms with van der Waals surface area (Å²) in [5, 5.41) is 0. The van der Waals surface area contributed by atoms with Crippen LogP contribution in [0.5, 0.6) is 0 Å². The maximum atomic E-state index is 4.51. The molecule has 1 rings (SSSR count). The average Bonchev–Trinajstić information content (AvgIpc) is 2.13. The molecule has 0 N–H and O–H groups in total. The van der Waals surface area contributed by atoms with E-state index in [-0.39, 0.29) is 1.43 Å². The van der Waals surface area contributed by atoms with Crippen LogP contribution in [0.1, 0.15) is 50.5 Å². The normalized spacial score (nSPS) is 11.6. The SMILES string of the molecule is C/C=C\c1c(C(C)C)ncc(C)c1C.[HH]. The zero-order chi connectivity index (χ0) is 10.7. The Balaban J connectivity index is 0.00000196. The lowest BCUT2D eigenvalue weighted by Crippen LogP contribution is -2.00. The number of aryl methyl sites for hydroxylation is 1. The fourth-order valence-electron chi connectivity index (χ4n) is 1.57. The Kier molecular flexibility index (Phi) is 3.45. The standard InChI is InChI=1S/C13H19N.H2/c1-6-7-12-11(5)10(4)8-14-13(12)9(2)3;/h6-9H,1-5H3;1H/b7-6-;. The molecule has 1 aromatic heterocycles. The van der Waals surface area contributed by atoms with E-state index in [1.807, 2.05) is 13.1 Å². The molecule has 0 spiro atoms. The van der Waals surface area contributed by atoms with Gasteiger partial charge in [-0.3, -0.25) is 4.98 Å². The zero-order valence-electron chi connectivity index (χ0n) is 9.76. The summed E-state index contributed by atoms with van der Waals surface area (Å²) in [5.41, 5.74) is 5.11. The molecular weight excluding hydrogens is 170 g/mol. The number of hydrogen-bond acceptors (Lipinski definition) is 1. The second-order valence-corrected chi connectivity index (χ2v) is 4.02. The molecule has 0 fully saturated rings. The minimum absolute atomic E-state index is 0. The molecule has 78 valence electrons. The van der Waals surface area contributed by atoms with Gasteiger partial charge in [0.2, 0.25) is 0 Å². The Hall–Kier alpha value is -1.11. The smallest absolute Gasteiger partial charge is 0.0503 e. The molecule has 0 aromatic carbocycles. The molecule has 1 heterocycles. The topological polar surface area (TPSA) is 12.9 Å². The van der Waals surface area contributed by atoms with Gasteiger partial charge >= 0.3 is 0 Å². The number of pyridine rings is 1. The maximum Gasteiger partial charge on any atom is 0.0503 e. The van der Waals surface area contributed by atoms with Crippen molar-refractivity contribution < 1.29 is 1.43 Å². The van der Waals surface area contributed by atoms with Gasteiger partial charge in [-0.1, -0.05) is 26.0 Å². The van der Waals surface area contributed by atoms with Gasteiger partial charge in [-0.2, -0.15) is 0 Å². The first-order chi connectivity index (χ1) is 6.57. The van der Waals surface area contributed by atoms with Crippen molar-refractivity contribution in [3.05, 3.63) is 34.7 Å². The van der Waals surface area contributed by atoms with Gasteiger partial charge in [0.25, 0.3) is 0 Å². The molecule has 1 nitrogen and oxygen atoms in total. The van der Waals surface area contributed by atoms with Crippen LogP contribution in [0.3, 0.4) is 0 Å². The van der Waals surface area contributed by atoms with Crippen LogP contribution in [-0.4, -0.2) is 4.98 Å². The number of rotatable bonds is 2. The molecule has 0 bridgehead atoms. The van der Waals surface area contributed by atoms with E-state index in [9.17, 15) is 0 Å². The monoisotopic (exact) mass is 191 g/mol. The van der Waals surface area contributed by atoms with Crippen molar-refractivity contribution in [3.8, 4) is 0 Å². The van der Waals surface area contributed by atoms with Gasteiger partial charge in [0.1, 0.15) is 0 Å². The molecular formula is C13H21N. The summed E-state index contributed by atoms with van der Waals surface area (Å²) in [6.07, 6.45) is 6.21. The Morgan fingerprint density at radius 1 is 1.36 bits per heavy atom. The van der Waals surface area contributed by atoms with Crippen LogP contribution in [-0.2, 0) is 0 Å². The molecule has 1 aromatic rings. The first kappa shape index (κ1) is 11.0. The zero-order valence-corrected chi connectivity index (χ0v) is 9.76. The lowest BCUT2D eigenvalue weighted by Gasteiger charge is -2.13. The highest BCUT2D eigenvalue weighted by molar-refractivity contribution is 5.58. The summed E-state index contributed by atoms with van der Waals surface area (Å²) in [5.74, 6) is 0.487. The summed E-state index contributed by atoms with van der Waals surface area (Å²) in [6.45, 7) is 10.7. The van der Waals surface area contributed by atoms with Crippen LogP contribution in [0.15, 0.2) is 12.3 Å². The molecule has 0 saturated heterocycles. The lowest BCUT2D eigenvalue weighted by atomic mass is 9.97. The highest BCUT2D eigenvalue weighted by Gasteiger charge is 2.09. The van der Waals surface area contributed by atoms with Gasteiger partial charge in [0, 0.05) is 7.62 Å². The third-order valence-corrected chi connectivity index (χ3v) is 2.55. The quantitative estimate of drug-likeness (QED) is 0.685. The third kappa shape index (κ3) is 2.03. The Morgan fingerprint density at radius 2 is 2.00 bits per heavy atom. The average molecular weight is 191 g/mol. The van der Waals surface area contributed by atoms with E-state index in [1.165, 1.54) is 22.4 Å². The van der Waals surface area contributed by atoms with E-state index in [2.05, 4.69) is 44.8 Å². The molecule has 1 heteroatoms. The van der Waals surface area contributed by atoms with Gasteiger partial charge in [0.05, 0.1) is 5.69 Å². The van der Waals surface area contributed by atoms with E-state index in [4.69, 9.17) is 0 Å². The van der Waals surface area contributed by atoms with Gasteiger partial charge in [-0.05, 0) is 43.4 Å². The Morgan fingerprint density at radius 3 is 2.50 bits per heavy atom. The van der Waals surface area contributed by atoms with Crippen molar-refractivity contribution in [2.24, 2.45) is 0 Å². The van der Waals surface area contributed by atoms with Crippen molar-refractivity contribution in [2.45, 2.75) is 40.5 Å². The molecule has 0 aliphatic heterocycles. The van der Waals surface area contributed by atoms with Crippen molar-refractivity contribution in [3.63, 3.8) is 0 Å². The number of aromatic nitrogens is 1. The van der Waals surface area contributed by atoms with Crippen molar-refractivity contribution in [1.82, 2.24) is 4.98 Å². The van der Waals surface area contributed by atoms with Crippen LogP contribution in [0.2, 0.25) is 0 Å². The van der Waals surface area contributed by atoms with E-state index in [0.717, 1.165) is 0 Å². The van der Waals surface area contributed by atoms with Crippen molar-refractivity contribution in [1.29, 1.82) is 0 Å². The molecule has 0 amide bonds. The second-order valence-electron chi connectivity index (χ2n) is 4.02.